The summed E-state index contributed by atoms with van der Waals surface area (Å²) in [7, 11) is 0. The molecular weight excluding hydrogens is 298 g/mol. The lowest BCUT2D eigenvalue weighted by Crippen LogP contribution is -2.41. The molecule has 0 radical (unpaired) electrons. The summed E-state index contributed by atoms with van der Waals surface area (Å²) < 4.78 is 5.17. The summed E-state index contributed by atoms with van der Waals surface area (Å²) in [6.07, 6.45) is 6.44. The van der Waals surface area contributed by atoms with Crippen LogP contribution in [0.15, 0.2) is 17.3 Å². The average Bonchev–Trinajstić information content (AvgIpc) is 2.81. The van der Waals surface area contributed by atoms with E-state index in [9.17, 15) is 14.7 Å². The molecule has 1 unspecified atom stereocenters. The van der Waals surface area contributed by atoms with Crippen LogP contribution in [0.3, 0.4) is 0 Å². The lowest BCUT2D eigenvalue weighted by molar-refractivity contribution is -0.124. The molecule has 2 N–H and O–H groups in total. The standard InChI is InChI=1S/C16H17N3O4/c1-5-6-23-10-7-11(14(20)21)12(17-8-10)13-18-15(22)16(4,19-13)9(2)3/h1,7-9H,6H2,2-4H3,(H,20,21)(H,18,19,22). The van der Waals surface area contributed by atoms with Crippen LogP contribution < -0.4 is 10.1 Å². The predicted octanol–water partition coefficient (Wildman–Crippen LogP) is 1.08. The first-order valence-corrected chi connectivity index (χ1v) is 7.01. The first kappa shape index (κ1) is 16.5. The fraction of sp³-hybridized carbons (Fsp3) is 0.375. The Morgan fingerprint density at radius 3 is 2.78 bits per heavy atom. The molecule has 0 aromatic carbocycles. The normalized spacial score (nSPS) is 20.0. The molecule has 1 atom stereocenters. The van der Waals surface area contributed by atoms with Crippen LogP contribution in [0.2, 0.25) is 0 Å². The van der Waals surface area contributed by atoms with Gasteiger partial charge in [-0.05, 0) is 18.9 Å². The van der Waals surface area contributed by atoms with Crippen molar-refractivity contribution in [2.45, 2.75) is 26.3 Å². The number of nitrogens with one attached hydrogen (secondary N) is 1. The van der Waals surface area contributed by atoms with Gasteiger partial charge in [-0.15, -0.1) is 6.42 Å². The van der Waals surface area contributed by atoms with Gasteiger partial charge >= 0.3 is 5.97 Å². The predicted molar refractivity (Wildman–Crippen MR) is 83.4 cm³/mol. The number of carbonyl (C=O) groups excluding carboxylic acids is 1. The Hall–Kier alpha value is -2.88. The third-order valence-corrected chi connectivity index (χ3v) is 3.80. The molecule has 0 aliphatic carbocycles. The van der Waals surface area contributed by atoms with Crippen LogP contribution >= 0.6 is 0 Å². The largest absolute Gasteiger partial charge is 0.479 e. The first-order chi connectivity index (χ1) is 10.8. The number of nitrogens with zero attached hydrogens (tertiary/aromatic N) is 2. The van der Waals surface area contributed by atoms with Crippen molar-refractivity contribution < 1.29 is 19.4 Å². The summed E-state index contributed by atoms with van der Waals surface area (Å²) in [5.41, 5.74) is -0.985. The van der Waals surface area contributed by atoms with Gasteiger partial charge in [0, 0.05) is 0 Å². The monoisotopic (exact) mass is 315 g/mol. The Morgan fingerprint density at radius 1 is 1.57 bits per heavy atom. The van der Waals surface area contributed by atoms with E-state index >= 15 is 0 Å². The van der Waals surface area contributed by atoms with E-state index in [1.165, 1.54) is 12.3 Å². The SMILES string of the molecule is C#CCOc1cnc(C2=NC(C)(C(C)C)C(=O)N2)c(C(=O)O)c1. The van der Waals surface area contributed by atoms with Crippen LogP contribution in [0, 0.1) is 18.3 Å². The number of aliphatic imine (C=N–C) groups is 1. The number of terminal acetylenes is 1. The average molecular weight is 315 g/mol. The van der Waals surface area contributed by atoms with Crippen LogP contribution in [0.5, 0.6) is 5.75 Å². The molecule has 2 rings (SSSR count). The highest BCUT2D eigenvalue weighted by Crippen LogP contribution is 2.27. The van der Waals surface area contributed by atoms with Gasteiger partial charge in [0.2, 0.25) is 0 Å². The van der Waals surface area contributed by atoms with E-state index in [1.807, 2.05) is 13.8 Å². The van der Waals surface area contributed by atoms with Gasteiger partial charge in [0.05, 0.1) is 11.8 Å². The zero-order chi connectivity index (χ0) is 17.2. The van der Waals surface area contributed by atoms with Crippen molar-refractivity contribution in [3.63, 3.8) is 0 Å². The van der Waals surface area contributed by atoms with E-state index in [0.29, 0.717) is 0 Å². The highest BCUT2D eigenvalue weighted by Gasteiger charge is 2.43. The number of carbonyl (C=O) groups is 2. The maximum absolute atomic E-state index is 12.2. The molecule has 0 saturated carbocycles. The topological polar surface area (TPSA) is 101 Å². The molecule has 2 heterocycles. The van der Waals surface area contributed by atoms with E-state index in [-0.39, 0.29) is 41.3 Å². The van der Waals surface area contributed by atoms with Gasteiger partial charge in [0.15, 0.2) is 5.84 Å². The second-order valence-corrected chi connectivity index (χ2v) is 5.58. The molecule has 0 saturated heterocycles. The lowest BCUT2D eigenvalue weighted by atomic mass is 9.89. The molecule has 120 valence electrons. The number of aromatic carboxylic acids is 1. The molecule has 1 aromatic heterocycles. The summed E-state index contributed by atoms with van der Waals surface area (Å²) in [5.74, 6) is 1.13. The number of aromatic nitrogens is 1. The van der Waals surface area contributed by atoms with E-state index in [4.69, 9.17) is 11.2 Å². The number of amides is 1. The summed E-state index contributed by atoms with van der Waals surface area (Å²) in [6.45, 7) is 5.44. The van der Waals surface area contributed by atoms with Crippen LogP contribution in [0.4, 0.5) is 0 Å². The summed E-state index contributed by atoms with van der Waals surface area (Å²) >= 11 is 0. The van der Waals surface area contributed by atoms with Crippen LogP contribution in [-0.2, 0) is 4.79 Å². The van der Waals surface area contributed by atoms with Crippen molar-refractivity contribution in [2.24, 2.45) is 10.9 Å². The molecule has 23 heavy (non-hydrogen) atoms. The second-order valence-electron chi connectivity index (χ2n) is 5.58. The fourth-order valence-electron chi connectivity index (χ4n) is 2.05. The Balaban J connectivity index is 2.46. The Labute approximate surface area is 133 Å². The van der Waals surface area contributed by atoms with Gasteiger partial charge in [-0.3, -0.25) is 4.79 Å². The maximum atomic E-state index is 12.2. The molecule has 7 heteroatoms. The van der Waals surface area contributed by atoms with E-state index in [2.05, 4.69) is 21.2 Å². The quantitative estimate of drug-likeness (QED) is 0.792. The molecule has 0 spiro atoms. The molecule has 1 aliphatic rings. The second kappa shape index (κ2) is 6.08. The van der Waals surface area contributed by atoms with Crippen molar-refractivity contribution in [3.05, 3.63) is 23.5 Å². The number of hydrogen-bond acceptors (Lipinski definition) is 5. The van der Waals surface area contributed by atoms with Gasteiger partial charge in [0.1, 0.15) is 23.6 Å². The molecule has 0 fully saturated rings. The number of rotatable bonds is 5. The van der Waals surface area contributed by atoms with E-state index in [0.717, 1.165) is 0 Å². The molecule has 0 bridgehead atoms. The maximum Gasteiger partial charge on any atom is 0.338 e. The number of amidine groups is 1. The van der Waals surface area contributed by atoms with Crippen molar-refractivity contribution in [1.82, 2.24) is 10.3 Å². The summed E-state index contributed by atoms with van der Waals surface area (Å²) in [6, 6.07) is 1.31. The summed E-state index contributed by atoms with van der Waals surface area (Å²) in [5, 5.41) is 12.0. The zero-order valence-corrected chi connectivity index (χ0v) is 13.1. The number of hydrogen-bond donors (Lipinski definition) is 2. The molecule has 1 aromatic rings. The number of pyridine rings is 1. The molecular formula is C16H17N3O4. The number of carboxylic acids is 1. The van der Waals surface area contributed by atoms with E-state index < -0.39 is 11.5 Å². The van der Waals surface area contributed by atoms with Crippen LogP contribution in [0.1, 0.15) is 36.8 Å². The minimum Gasteiger partial charge on any atom is -0.479 e. The summed E-state index contributed by atoms with van der Waals surface area (Å²) in [4.78, 5) is 32.1. The third-order valence-electron chi connectivity index (χ3n) is 3.80. The van der Waals surface area contributed by atoms with Gasteiger partial charge in [-0.2, -0.15) is 0 Å². The van der Waals surface area contributed by atoms with Gasteiger partial charge in [0.25, 0.3) is 5.91 Å². The van der Waals surface area contributed by atoms with Crippen LogP contribution in [-0.4, -0.2) is 39.9 Å². The number of carboxylic acid groups (broad SMARTS) is 1. The third kappa shape index (κ3) is 3.01. The smallest absolute Gasteiger partial charge is 0.338 e. The van der Waals surface area contributed by atoms with Crippen molar-refractivity contribution in [2.75, 3.05) is 6.61 Å². The van der Waals surface area contributed by atoms with E-state index in [1.54, 1.807) is 6.92 Å². The van der Waals surface area contributed by atoms with Gasteiger partial charge < -0.3 is 15.2 Å². The first-order valence-electron chi connectivity index (χ1n) is 7.01. The Bertz CT molecular complexity index is 733. The highest BCUT2D eigenvalue weighted by molar-refractivity contribution is 6.17. The zero-order valence-electron chi connectivity index (χ0n) is 13.1. The van der Waals surface area contributed by atoms with Crippen LogP contribution in [0.25, 0.3) is 0 Å². The molecule has 7 nitrogen and oxygen atoms in total. The molecule has 1 aliphatic heterocycles. The van der Waals surface area contributed by atoms with Crippen molar-refractivity contribution in [1.29, 1.82) is 0 Å². The van der Waals surface area contributed by atoms with Gasteiger partial charge in [-0.1, -0.05) is 19.8 Å². The minimum atomic E-state index is -1.20. The minimum absolute atomic E-state index is 0.00316. The van der Waals surface area contributed by atoms with Crippen molar-refractivity contribution >= 4 is 17.7 Å². The Morgan fingerprint density at radius 2 is 2.26 bits per heavy atom. The van der Waals surface area contributed by atoms with Gasteiger partial charge in [-0.25, -0.2) is 14.8 Å². The number of ether oxygens (including phenoxy) is 1. The van der Waals surface area contributed by atoms with Crippen molar-refractivity contribution in [3.8, 4) is 18.1 Å². The lowest BCUT2D eigenvalue weighted by Gasteiger charge is -2.21. The highest BCUT2D eigenvalue weighted by atomic mass is 16.5. The fourth-order valence-corrected chi connectivity index (χ4v) is 2.05. The molecule has 1 amide bonds. The Kier molecular flexibility index (Phi) is 4.36.